The van der Waals surface area contributed by atoms with Crippen LogP contribution >= 0.6 is 27.7 Å². The van der Waals surface area contributed by atoms with Crippen LogP contribution in [-0.2, 0) is 5.75 Å². The molecule has 2 aromatic carbocycles. The van der Waals surface area contributed by atoms with Gasteiger partial charge in [0.25, 0.3) is 0 Å². The lowest BCUT2D eigenvalue weighted by molar-refractivity contribution is 0.391. The van der Waals surface area contributed by atoms with Crippen molar-refractivity contribution in [3.8, 4) is 28.4 Å². The normalized spacial score (nSPS) is 10.8. The zero-order valence-electron chi connectivity index (χ0n) is 14.9. The molecule has 0 spiro atoms. The Balaban J connectivity index is 1.41. The number of ether oxygens (including phenoxy) is 1. The smallest absolute Gasteiger partial charge is 0.237 e. The monoisotopic (exact) mass is 454 g/mol. The fraction of sp³-hybridized carbons (Fsp3) is 0.100. The van der Waals surface area contributed by atoms with Crippen LogP contribution in [0.5, 0.6) is 5.75 Å². The molecular formula is C20H15BrN4O2S. The third-order valence-corrected chi connectivity index (χ3v) is 5.35. The third kappa shape index (κ3) is 4.40. The first-order valence-corrected chi connectivity index (χ1v) is 10.2. The molecule has 6 nitrogen and oxygen atoms in total. The van der Waals surface area contributed by atoms with Crippen molar-refractivity contribution in [3.05, 3.63) is 71.0 Å². The summed E-state index contributed by atoms with van der Waals surface area (Å²) in [4.78, 5) is 4.43. The van der Waals surface area contributed by atoms with Gasteiger partial charge in [0.2, 0.25) is 11.7 Å². The predicted octanol–water partition coefficient (Wildman–Crippen LogP) is 5.26. The van der Waals surface area contributed by atoms with Crippen LogP contribution < -0.4 is 4.74 Å². The summed E-state index contributed by atoms with van der Waals surface area (Å²) in [6.07, 6.45) is 0. The van der Waals surface area contributed by atoms with Crippen LogP contribution in [-0.4, -0.2) is 27.4 Å². The van der Waals surface area contributed by atoms with E-state index in [0.29, 0.717) is 17.5 Å². The Labute approximate surface area is 174 Å². The van der Waals surface area contributed by atoms with Gasteiger partial charge in [0.15, 0.2) is 0 Å². The number of hydrogen-bond acceptors (Lipinski definition) is 7. The predicted molar refractivity (Wildman–Crippen MR) is 111 cm³/mol. The van der Waals surface area contributed by atoms with Gasteiger partial charge in [-0.2, -0.15) is 4.98 Å². The molecule has 2 heterocycles. The minimum atomic E-state index is 0.525. The Morgan fingerprint density at radius 3 is 2.61 bits per heavy atom. The molecule has 2 aromatic heterocycles. The summed E-state index contributed by atoms with van der Waals surface area (Å²) < 4.78 is 11.6. The fourth-order valence-corrected chi connectivity index (χ4v) is 3.41. The van der Waals surface area contributed by atoms with E-state index in [1.807, 2.05) is 60.7 Å². The Bertz CT molecular complexity index is 1070. The quantitative estimate of drug-likeness (QED) is 0.368. The van der Waals surface area contributed by atoms with E-state index in [9.17, 15) is 0 Å². The molecular weight excluding hydrogens is 440 g/mol. The van der Waals surface area contributed by atoms with Gasteiger partial charge in [0, 0.05) is 15.6 Å². The van der Waals surface area contributed by atoms with Crippen LogP contribution in [0.15, 0.2) is 74.7 Å². The Morgan fingerprint density at radius 2 is 1.86 bits per heavy atom. The van der Waals surface area contributed by atoms with Crippen molar-refractivity contribution in [1.82, 2.24) is 20.3 Å². The number of methoxy groups -OCH3 is 1. The van der Waals surface area contributed by atoms with Crippen molar-refractivity contribution >= 4 is 27.7 Å². The summed E-state index contributed by atoms with van der Waals surface area (Å²) in [5, 5.41) is 13.4. The molecule has 0 fully saturated rings. The highest BCUT2D eigenvalue weighted by molar-refractivity contribution is 9.10. The molecule has 0 bridgehead atoms. The first kappa shape index (κ1) is 18.6. The minimum absolute atomic E-state index is 0.525. The lowest BCUT2D eigenvalue weighted by atomic mass is 10.1. The number of benzene rings is 2. The maximum Gasteiger partial charge on any atom is 0.237 e. The molecule has 0 atom stereocenters. The number of nitrogens with zero attached hydrogens (tertiary/aromatic N) is 4. The number of halogens is 1. The highest BCUT2D eigenvalue weighted by Crippen LogP contribution is 2.25. The van der Waals surface area contributed by atoms with Crippen molar-refractivity contribution in [3.63, 3.8) is 0 Å². The molecule has 0 amide bonds. The van der Waals surface area contributed by atoms with E-state index in [-0.39, 0.29) is 0 Å². The van der Waals surface area contributed by atoms with E-state index in [1.165, 1.54) is 11.8 Å². The fourth-order valence-electron chi connectivity index (χ4n) is 2.50. The van der Waals surface area contributed by atoms with Crippen LogP contribution in [0.3, 0.4) is 0 Å². The second kappa shape index (κ2) is 8.53. The second-order valence-electron chi connectivity index (χ2n) is 5.80. The molecule has 4 aromatic rings. The van der Waals surface area contributed by atoms with Crippen molar-refractivity contribution < 1.29 is 9.26 Å². The number of aromatic nitrogens is 4. The van der Waals surface area contributed by atoms with E-state index in [1.54, 1.807) is 7.11 Å². The first-order valence-electron chi connectivity index (χ1n) is 8.41. The number of thioether (sulfide) groups is 1. The largest absolute Gasteiger partial charge is 0.497 e. The lowest BCUT2D eigenvalue weighted by Crippen LogP contribution is -1.91. The molecule has 0 aliphatic carbocycles. The van der Waals surface area contributed by atoms with Crippen LogP contribution in [0.25, 0.3) is 22.6 Å². The SMILES string of the molecule is COc1cccc(-c2ccc(SCc3nc(-c4ccc(Br)cc4)no3)nn2)c1. The zero-order valence-corrected chi connectivity index (χ0v) is 17.3. The van der Waals surface area contributed by atoms with Crippen LogP contribution in [0.1, 0.15) is 5.89 Å². The summed E-state index contributed by atoms with van der Waals surface area (Å²) in [5.74, 6) is 2.43. The van der Waals surface area contributed by atoms with Crippen LogP contribution in [0.4, 0.5) is 0 Å². The summed E-state index contributed by atoms with van der Waals surface area (Å²) in [6, 6.07) is 19.4. The van der Waals surface area contributed by atoms with Gasteiger partial charge in [0.05, 0.1) is 18.6 Å². The molecule has 0 aliphatic rings. The van der Waals surface area contributed by atoms with E-state index in [4.69, 9.17) is 9.26 Å². The molecule has 0 saturated heterocycles. The van der Waals surface area contributed by atoms with E-state index < -0.39 is 0 Å². The topological polar surface area (TPSA) is 73.9 Å². The van der Waals surface area contributed by atoms with Crippen molar-refractivity contribution in [2.45, 2.75) is 10.8 Å². The van der Waals surface area contributed by atoms with E-state index in [2.05, 4.69) is 36.3 Å². The Morgan fingerprint density at radius 1 is 1.00 bits per heavy atom. The molecule has 0 N–H and O–H groups in total. The summed E-state index contributed by atoms with van der Waals surface area (Å²) >= 11 is 4.91. The average Bonchev–Trinajstić information content (AvgIpc) is 3.22. The van der Waals surface area contributed by atoms with Crippen molar-refractivity contribution in [2.75, 3.05) is 7.11 Å². The molecule has 0 aliphatic heterocycles. The van der Waals surface area contributed by atoms with Crippen molar-refractivity contribution in [2.24, 2.45) is 0 Å². The third-order valence-electron chi connectivity index (χ3n) is 3.92. The molecule has 140 valence electrons. The highest BCUT2D eigenvalue weighted by atomic mass is 79.9. The molecule has 0 saturated carbocycles. The van der Waals surface area contributed by atoms with Gasteiger partial charge in [-0.15, -0.1) is 10.2 Å². The van der Waals surface area contributed by atoms with Gasteiger partial charge in [-0.1, -0.05) is 45.0 Å². The van der Waals surface area contributed by atoms with E-state index >= 15 is 0 Å². The van der Waals surface area contributed by atoms with Crippen molar-refractivity contribution in [1.29, 1.82) is 0 Å². The molecule has 28 heavy (non-hydrogen) atoms. The minimum Gasteiger partial charge on any atom is -0.497 e. The van der Waals surface area contributed by atoms with E-state index in [0.717, 1.165) is 32.1 Å². The van der Waals surface area contributed by atoms with Gasteiger partial charge in [-0.25, -0.2) is 0 Å². The molecule has 4 rings (SSSR count). The standard InChI is InChI=1S/C20H15BrN4O2S/c1-26-16-4-2-3-14(11-16)17-9-10-19(24-23-17)28-12-18-22-20(25-27-18)13-5-7-15(21)8-6-13/h2-11H,12H2,1H3. The molecule has 0 radical (unpaired) electrons. The van der Waals surface area contributed by atoms with Gasteiger partial charge >= 0.3 is 0 Å². The van der Waals surface area contributed by atoms with Crippen LogP contribution in [0, 0.1) is 0 Å². The Hall–Kier alpha value is -2.71. The van der Waals surface area contributed by atoms with Gasteiger partial charge in [-0.3, -0.25) is 0 Å². The number of rotatable bonds is 6. The summed E-state index contributed by atoms with van der Waals surface area (Å²) in [6.45, 7) is 0. The average molecular weight is 455 g/mol. The first-order chi connectivity index (χ1) is 13.7. The molecule has 0 unspecified atom stereocenters. The number of hydrogen-bond donors (Lipinski definition) is 0. The lowest BCUT2D eigenvalue weighted by Gasteiger charge is -2.04. The zero-order chi connectivity index (χ0) is 19.3. The summed E-state index contributed by atoms with van der Waals surface area (Å²) in [5.41, 5.74) is 2.66. The maximum atomic E-state index is 5.33. The van der Waals surface area contributed by atoms with Gasteiger partial charge < -0.3 is 9.26 Å². The highest BCUT2D eigenvalue weighted by Gasteiger charge is 2.10. The van der Waals surface area contributed by atoms with Gasteiger partial charge in [0.1, 0.15) is 10.8 Å². The second-order valence-corrected chi connectivity index (χ2v) is 7.71. The van der Waals surface area contributed by atoms with Gasteiger partial charge in [-0.05, 0) is 48.5 Å². The Kier molecular flexibility index (Phi) is 5.68. The maximum absolute atomic E-state index is 5.33. The molecule has 8 heteroatoms. The summed E-state index contributed by atoms with van der Waals surface area (Å²) in [7, 11) is 1.64. The van der Waals surface area contributed by atoms with Crippen LogP contribution in [0.2, 0.25) is 0 Å².